The summed E-state index contributed by atoms with van der Waals surface area (Å²) in [6.45, 7) is 7.34. The number of unbranched alkanes of at least 4 members (excludes halogenated alkanes) is 1. The van der Waals surface area contributed by atoms with E-state index in [1.165, 1.54) is 92.3 Å². The lowest BCUT2D eigenvalue weighted by Crippen LogP contribution is -2.64. The van der Waals surface area contributed by atoms with E-state index >= 15 is 0 Å². The first-order valence-electron chi connectivity index (χ1n) is 18.3. The van der Waals surface area contributed by atoms with Gasteiger partial charge in [0.25, 0.3) is 0 Å². The average molecular weight is 896 g/mol. The van der Waals surface area contributed by atoms with Crippen molar-refractivity contribution in [1.82, 2.24) is 0 Å². The van der Waals surface area contributed by atoms with Gasteiger partial charge in [-0.2, -0.15) is 0 Å². The molecule has 52 heavy (non-hydrogen) atoms. The molecule has 0 fully saturated rings. The molecular formula is C47H39BI2N2. The second-order valence-corrected chi connectivity index (χ2v) is 17.1. The fraction of sp³-hybridized carbons (Fsp3) is 0.149. The third-order valence-corrected chi connectivity index (χ3v) is 12.6. The summed E-state index contributed by atoms with van der Waals surface area (Å²) in [6, 6.07) is 54.6. The molecule has 7 aromatic rings. The van der Waals surface area contributed by atoms with Gasteiger partial charge < -0.3 is 9.80 Å². The summed E-state index contributed by atoms with van der Waals surface area (Å²) in [5, 5.41) is 2.48. The normalized spacial score (nSPS) is 13.8. The molecule has 7 aromatic carbocycles. The summed E-state index contributed by atoms with van der Waals surface area (Å²) in [4.78, 5) is 4.98. The van der Waals surface area contributed by atoms with Crippen molar-refractivity contribution in [3.05, 3.63) is 169 Å². The van der Waals surface area contributed by atoms with Crippen molar-refractivity contribution in [3.63, 3.8) is 0 Å². The van der Waals surface area contributed by atoms with Crippen LogP contribution in [0.15, 0.2) is 146 Å². The van der Waals surface area contributed by atoms with Crippen molar-refractivity contribution >= 4 is 113 Å². The zero-order valence-corrected chi connectivity index (χ0v) is 34.0. The molecular weight excluding hydrogens is 857 g/mol. The number of fused-ring (bicyclic) bond motifs is 5. The largest absolute Gasteiger partial charge is 0.312 e. The van der Waals surface area contributed by atoms with Gasteiger partial charge in [-0.25, -0.2) is 0 Å². The van der Waals surface area contributed by atoms with Gasteiger partial charge >= 0.3 is 0 Å². The number of rotatable bonds is 7. The highest BCUT2D eigenvalue weighted by molar-refractivity contribution is 14.1. The summed E-state index contributed by atoms with van der Waals surface area (Å²) in [5.41, 5.74) is 15.7. The van der Waals surface area contributed by atoms with Crippen molar-refractivity contribution in [3.8, 4) is 0 Å². The van der Waals surface area contributed by atoms with E-state index in [4.69, 9.17) is 0 Å². The van der Waals surface area contributed by atoms with Crippen LogP contribution in [-0.2, 0) is 11.8 Å². The van der Waals surface area contributed by atoms with Gasteiger partial charge in [0.15, 0.2) is 0 Å². The SMILES string of the molecule is CCCCc1ccc2c3c1C(C)(C)c1ccc(N(c4ccccc4)c4cccc5ccccc45)cc1B3c1cc(I)ccc1N2c1ccc(I)cc1. The van der Waals surface area contributed by atoms with Crippen molar-refractivity contribution in [2.45, 2.75) is 45.4 Å². The molecule has 9 rings (SSSR count). The van der Waals surface area contributed by atoms with Gasteiger partial charge in [0.1, 0.15) is 0 Å². The van der Waals surface area contributed by atoms with Crippen LogP contribution < -0.4 is 26.2 Å². The predicted octanol–water partition coefficient (Wildman–Crippen LogP) is 11.8. The summed E-state index contributed by atoms with van der Waals surface area (Å²) >= 11 is 4.92. The van der Waals surface area contributed by atoms with Crippen molar-refractivity contribution in [2.75, 3.05) is 9.80 Å². The molecule has 0 unspecified atom stereocenters. The number of hydrogen-bond acceptors (Lipinski definition) is 2. The van der Waals surface area contributed by atoms with Gasteiger partial charge in [-0.1, -0.05) is 105 Å². The fourth-order valence-electron chi connectivity index (χ4n) is 8.93. The Morgan fingerprint density at radius 2 is 1.38 bits per heavy atom. The molecule has 0 saturated heterocycles. The van der Waals surface area contributed by atoms with Gasteiger partial charge in [0.05, 0.1) is 5.69 Å². The first-order valence-corrected chi connectivity index (χ1v) is 20.5. The first kappa shape index (κ1) is 33.7. The monoisotopic (exact) mass is 896 g/mol. The van der Waals surface area contributed by atoms with Crippen LogP contribution >= 0.6 is 45.2 Å². The molecule has 2 nitrogen and oxygen atoms in total. The number of benzene rings is 7. The average Bonchev–Trinajstić information content (AvgIpc) is 3.16. The van der Waals surface area contributed by atoms with Gasteiger partial charge in [0.2, 0.25) is 6.71 Å². The van der Waals surface area contributed by atoms with Crippen LogP contribution in [0.3, 0.4) is 0 Å². The van der Waals surface area contributed by atoms with E-state index in [-0.39, 0.29) is 12.1 Å². The van der Waals surface area contributed by atoms with Gasteiger partial charge in [-0.3, -0.25) is 0 Å². The number of nitrogens with zero attached hydrogens (tertiary/aromatic N) is 2. The number of anilines is 6. The first-order chi connectivity index (χ1) is 25.3. The lowest BCUT2D eigenvalue weighted by molar-refractivity contribution is 0.631. The minimum Gasteiger partial charge on any atom is -0.312 e. The van der Waals surface area contributed by atoms with Crippen molar-refractivity contribution in [1.29, 1.82) is 0 Å². The van der Waals surface area contributed by atoms with Crippen LogP contribution in [0.25, 0.3) is 10.8 Å². The third-order valence-electron chi connectivity index (χ3n) is 11.2. The van der Waals surface area contributed by atoms with E-state index in [1.54, 1.807) is 0 Å². The minimum absolute atomic E-state index is 0.101. The van der Waals surface area contributed by atoms with E-state index in [1.807, 2.05) is 0 Å². The molecule has 0 aliphatic carbocycles. The lowest BCUT2D eigenvalue weighted by atomic mass is 9.30. The minimum atomic E-state index is -0.188. The summed E-state index contributed by atoms with van der Waals surface area (Å²) < 4.78 is 2.50. The highest BCUT2D eigenvalue weighted by atomic mass is 127. The zero-order valence-electron chi connectivity index (χ0n) is 29.7. The molecule has 2 aliphatic heterocycles. The Balaban J connectivity index is 1.34. The molecule has 0 atom stereocenters. The fourth-order valence-corrected chi connectivity index (χ4v) is 9.81. The maximum Gasteiger partial charge on any atom is 0.247 e. The highest BCUT2D eigenvalue weighted by Crippen LogP contribution is 2.46. The molecule has 254 valence electrons. The predicted molar refractivity (Wildman–Crippen MR) is 241 cm³/mol. The molecule has 2 aliphatic rings. The Hall–Kier alpha value is -4.08. The van der Waals surface area contributed by atoms with Gasteiger partial charge in [-0.05, 0) is 164 Å². The van der Waals surface area contributed by atoms with Crippen LogP contribution in [0, 0.1) is 7.14 Å². The second kappa shape index (κ2) is 13.4. The smallest absolute Gasteiger partial charge is 0.247 e. The second-order valence-electron chi connectivity index (χ2n) is 14.6. The van der Waals surface area contributed by atoms with Crippen LogP contribution in [0.5, 0.6) is 0 Å². The summed E-state index contributed by atoms with van der Waals surface area (Å²) in [5.74, 6) is 0. The number of para-hydroxylation sites is 1. The van der Waals surface area contributed by atoms with Crippen LogP contribution in [0.1, 0.15) is 50.3 Å². The van der Waals surface area contributed by atoms with Crippen LogP contribution in [0.4, 0.5) is 34.1 Å². The maximum atomic E-state index is 2.53. The van der Waals surface area contributed by atoms with E-state index in [2.05, 4.69) is 221 Å². The Bertz CT molecular complexity index is 2470. The molecule has 0 bridgehead atoms. The van der Waals surface area contributed by atoms with E-state index < -0.39 is 0 Å². The molecule has 0 saturated carbocycles. The maximum absolute atomic E-state index is 2.53. The van der Waals surface area contributed by atoms with Crippen LogP contribution in [-0.4, -0.2) is 6.71 Å². The Morgan fingerprint density at radius 1 is 0.654 bits per heavy atom. The van der Waals surface area contributed by atoms with Crippen LogP contribution in [0.2, 0.25) is 0 Å². The molecule has 0 aromatic heterocycles. The Morgan fingerprint density at radius 3 is 2.19 bits per heavy atom. The number of halogens is 2. The molecule has 0 N–H and O–H groups in total. The third kappa shape index (κ3) is 5.49. The Kier molecular flexibility index (Phi) is 8.70. The van der Waals surface area contributed by atoms with E-state index in [9.17, 15) is 0 Å². The van der Waals surface area contributed by atoms with E-state index in [0.29, 0.717) is 0 Å². The zero-order chi connectivity index (χ0) is 35.6. The summed E-state index contributed by atoms with van der Waals surface area (Å²) in [7, 11) is 0. The van der Waals surface area contributed by atoms with Crippen molar-refractivity contribution < 1.29 is 0 Å². The Labute approximate surface area is 335 Å². The van der Waals surface area contributed by atoms with Gasteiger partial charge in [-0.15, -0.1) is 0 Å². The topological polar surface area (TPSA) is 6.48 Å². The van der Waals surface area contributed by atoms with Crippen molar-refractivity contribution in [2.24, 2.45) is 0 Å². The molecule has 0 spiro atoms. The molecule has 2 heterocycles. The molecule has 0 radical (unpaired) electrons. The molecule has 5 heteroatoms. The van der Waals surface area contributed by atoms with E-state index in [0.717, 1.165) is 12.1 Å². The molecule has 0 amide bonds. The summed E-state index contributed by atoms with van der Waals surface area (Å²) in [6.07, 6.45) is 3.46. The standard InChI is InChI=1S/C47H39BI2N2/c1-4-5-12-32-19-27-44-46-45(32)47(2,3)39-26-25-37(51(35-15-7-6-8-16-35)42-18-11-14-31-13-9-10-17-38(31)42)30-40(39)48(46)41-29-34(50)22-28-43(41)52(44)36-23-20-33(49)21-24-36/h6-11,13-30H,4-5,12H2,1-3H3. The quantitative estimate of drug-likeness (QED) is 0.116. The lowest BCUT2D eigenvalue weighted by Gasteiger charge is -2.46. The highest BCUT2D eigenvalue weighted by Gasteiger charge is 2.47. The number of hydrogen-bond donors (Lipinski definition) is 0. The number of aryl methyl sites for hydroxylation is 1. The van der Waals surface area contributed by atoms with Gasteiger partial charge in [0, 0.05) is 46.4 Å².